The Morgan fingerprint density at radius 1 is 1.17 bits per heavy atom. The van der Waals surface area contributed by atoms with Gasteiger partial charge in [0.05, 0.1) is 4.92 Å². The van der Waals surface area contributed by atoms with Crippen molar-refractivity contribution in [2.75, 3.05) is 19.6 Å². The number of non-ortho nitro benzene ring substituents is 1. The number of rotatable bonds is 2. The van der Waals surface area contributed by atoms with Gasteiger partial charge in [-0.1, -0.05) is 20.8 Å². The molecule has 0 aliphatic carbocycles. The van der Waals surface area contributed by atoms with Crippen molar-refractivity contribution in [1.29, 1.82) is 0 Å². The number of benzene rings is 1. The molecule has 1 fully saturated rings. The van der Waals surface area contributed by atoms with Crippen molar-refractivity contribution < 1.29 is 14.5 Å². The van der Waals surface area contributed by atoms with Gasteiger partial charge in [0.15, 0.2) is 0 Å². The molecule has 1 aromatic rings. The van der Waals surface area contributed by atoms with Gasteiger partial charge in [-0.3, -0.25) is 19.7 Å². The van der Waals surface area contributed by atoms with Crippen LogP contribution in [0.5, 0.6) is 0 Å². The van der Waals surface area contributed by atoms with E-state index in [2.05, 4.69) is 0 Å². The number of carbonyl (C=O) groups excluding carboxylic acids is 2. The smallest absolute Gasteiger partial charge is 0.269 e. The van der Waals surface area contributed by atoms with Crippen LogP contribution in [-0.4, -0.2) is 52.2 Å². The molecule has 1 aromatic carbocycles. The summed E-state index contributed by atoms with van der Waals surface area (Å²) in [5, 5.41) is 10.7. The van der Waals surface area contributed by atoms with Crippen molar-refractivity contribution in [3.63, 3.8) is 0 Å². The maximum atomic E-state index is 12.6. The third-order valence-electron chi connectivity index (χ3n) is 4.14. The number of nitrogens with zero attached hydrogens (tertiary/aromatic N) is 3. The van der Waals surface area contributed by atoms with E-state index >= 15 is 0 Å². The van der Waals surface area contributed by atoms with Gasteiger partial charge in [-0.2, -0.15) is 0 Å². The highest BCUT2D eigenvalue weighted by Gasteiger charge is 2.34. The minimum Gasteiger partial charge on any atom is -0.338 e. The van der Waals surface area contributed by atoms with Gasteiger partial charge in [-0.25, -0.2) is 0 Å². The Kier molecular flexibility index (Phi) is 4.91. The fraction of sp³-hybridized carbons (Fsp3) is 0.529. The molecule has 1 heterocycles. The summed E-state index contributed by atoms with van der Waals surface area (Å²) in [5.41, 5.74) is -0.0622. The molecule has 24 heavy (non-hydrogen) atoms. The van der Waals surface area contributed by atoms with Gasteiger partial charge in [0.1, 0.15) is 0 Å². The summed E-state index contributed by atoms with van der Waals surface area (Å²) >= 11 is 0. The van der Waals surface area contributed by atoms with E-state index in [0.29, 0.717) is 25.2 Å². The maximum Gasteiger partial charge on any atom is 0.269 e. The largest absolute Gasteiger partial charge is 0.338 e. The lowest BCUT2D eigenvalue weighted by Crippen LogP contribution is -2.57. The average Bonchev–Trinajstić information content (AvgIpc) is 2.52. The summed E-state index contributed by atoms with van der Waals surface area (Å²) < 4.78 is 0. The highest BCUT2D eigenvalue weighted by atomic mass is 16.6. The molecule has 0 aromatic heterocycles. The SMILES string of the molecule is CC1CN(C(=O)C(C)(C)C)CCN1C(=O)c1ccc([N+](=O)[O-])cc1. The highest BCUT2D eigenvalue weighted by Crippen LogP contribution is 2.22. The van der Waals surface area contributed by atoms with Crippen LogP contribution in [0.3, 0.4) is 0 Å². The molecule has 0 N–H and O–H groups in total. The average molecular weight is 333 g/mol. The molecule has 2 rings (SSSR count). The van der Waals surface area contributed by atoms with Gasteiger partial charge < -0.3 is 9.80 Å². The molecule has 7 nitrogen and oxygen atoms in total. The number of nitro benzene ring substituents is 1. The van der Waals surface area contributed by atoms with Crippen LogP contribution in [0, 0.1) is 15.5 Å². The minimum absolute atomic E-state index is 0.0415. The van der Waals surface area contributed by atoms with E-state index < -0.39 is 10.3 Å². The van der Waals surface area contributed by atoms with Crippen molar-refractivity contribution in [3.05, 3.63) is 39.9 Å². The fourth-order valence-corrected chi connectivity index (χ4v) is 2.81. The van der Waals surface area contributed by atoms with Crippen LogP contribution in [0.4, 0.5) is 5.69 Å². The van der Waals surface area contributed by atoms with Gasteiger partial charge >= 0.3 is 0 Å². The predicted octanol–water partition coefficient (Wildman–Crippen LogP) is 2.31. The summed E-state index contributed by atoms with van der Waals surface area (Å²) in [6.45, 7) is 9.01. The Labute approximate surface area is 141 Å². The maximum absolute atomic E-state index is 12.6. The standard InChI is InChI=1S/C17H23N3O4/c1-12-11-18(16(22)17(2,3)4)9-10-19(12)15(21)13-5-7-14(8-6-13)20(23)24/h5-8,12H,9-11H2,1-4H3. The van der Waals surface area contributed by atoms with Crippen LogP contribution in [0.1, 0.15) is 38.1 Å². The molecule has 7 heteroatoms. The van der Waals surface area contributed by atoms with Crippen LogP contribution in [0.2, 0.25) is 0 Å². The first kappa shape index (κ1) is 17.9. The molecular weight excluding hydrogens is 310 g/mol. The normalized spacial score (nSPS) is 18.4. The Morgan fingerprint density at radius 3 is 2.21 bits per heavy atom. The first-order valence-electron chi connectivity index (χ1n) is 7.96. The van der Waals surface area contributed by atoms with Crippen LogP contribution in [0.25, 0.3) is 0 Å². The van der Waals surface area contributed by atoms with E-state index in [1.165, 1.54) is 24.3 Å². The quantitative estimate of drug-likeness (QED) is 0.614. The lowest BCUT2D eigenvalue weighted by atomic mass is 9.94. The van der Waals surface area contributed by atoms with E-state index in [9.17, 15) is 19.7 Å². The zero-order valence-electron chi connectivity index (χ0n) is 14.5. The molecule has 1 aliphatic heterocycles. The third kappa shape index (κ3) is 3.72. The molecule has 130 valence electrons. The number of hydrogen-bond donors (Lipinski definition) is 0. The second-order valence-corrected chi connectivity index (χ2v) is 7.15. The molecular formula is C17H23N3O4. The van der Waals surface area contributed by atoms with Gasteiger partial charge in [0, 0.05) is 48.8 Å². The highest BCUT2D eigenvalue weighted by molar-refractivity contribution is 5.95. The minimum atomic E-state index is -0.492. The number of hydrogen-bond acceptors (Lipinski definition) is 4. The Bertz CT molecular complexity index is 649. The summed E-state index contributed by atoms with van der Waals surface area (Å²) in [7, 11) is 0. The summed E-state index contributed by atoms with van der Waals surface area (Å²) in [4.78, 5) is 38.7. The van der Waals surface area contributed by atoms with Crippen molar-refractivity contribution >= 4 is 17.5 Å². The van der Waals surface area contributed by atoms with Gasteiger partial charge in [0.2, 0.25) is 5.91 Å². The van der Waals surface area contributed by atoms with Crippen LogP contribution >= 0.6 is 0 Å². The van der Waals surface area contributed by atoms with Crippen LogP contribution < -0.4 is 0 Å². The second kappa shape index (κ2) is 6.59. The molecule has 1 unspecified atom stereocenters. The van der Waals surface area contributed by atoms with Crippen LogP contribution in [-0.2, 0) is 4.79 Å². The van der Waals surface area contributed by atoms with Gasteiger partial charge in [-0.05, 0) is 19.1 Å². The molecule has 0 spiro atoms. The topological polar surface area (TPSA) is 83.8 Å². The van der Waals surface area contributed by atoms with Gasteiger partial charge in [0.25, 0.3) is 11.6 Å². The fourth-order valence-electron chi connectivity index (χ4n) is 2.81. The van der Waals surface area contributed by atoms with Crippen molar-refractivity contribution in [2.45, 2.75) is 33.7 Å². The van der Waals surface area contributed by atoms with Crippen molar-refractivity contribution in [2.24, 2.45) is 5.41 Å². The first-order chi connectivity index (χ1) is 11.1. The molecule has 0 radical (unpaired) electrons. The summed E-state index contributed by atoms with van der Waals surface area (Å²) in [5.74, 6) is -0.0861. The summed E-state index contributed by atoms with van der Waals surface area (Å²) in [6, 6.07) is 5.50. The van der Waals surface area contributed by atoms with E-state index in [1.807, 2.05) is 27.7 Å². The third-order valence-corrected chi connectivity index (χ3v) is 4.14. The van der Waals surface area contributed by atoms with Crippen molar-refractivity contribution in [3.8, 4) is 0 Å². The van der Waals surface area contributed by atoms with Crippen LogP contribution in [0.15, 0.2) is 24.3 Å². The molecule has 0 bridgehead atoms. The number of nitro groups is 1. The number of piperazine rings is 1. The number of carbonyl (C=O) groups is 2. The second-order valence-electron chi connectivity index (χ2n) is 7.15. The zero-order chi connectivity index (χ0) is 18.1. The first-order valence-corrected chi connectivity index (χ1v) is 7.96. The van der Waals surface area contributed by atoms with E-state index in [4.69, 9.17) is 0 Å². The molecule has 1 saturated heterocycles. The lowest BCUT2D eigenvalue weighted by molar-refractivity contribution is -0.384. The van der Waals surface area contributed by atoms with Crippen molar-refractivity contribution in [1.82, 2.24) is 9.80 Å². The van der Waals surface area contributed by atoms with E-state index in [0.717, 1.165) is 0 Å². The van der Waals surface area contributed by atoms with E-state index in [-0.39, 0.29) is 23.5 Å². The lowest BCUT2D eigenvalue weighted by Gasteiger charge is -2.41. The molecule has 0 saturated carbocycles. The number of amides is 2. The monoisotopic (exact) mass is 333 g/mol. The zero-order valence-corrected chi connectivity index (χ0v) is 14.5. The predicted molar refractivity (Wildman–Crippen MR) is 89.6 cm³/mol. The van der Waals surface area contributed by atoms with Gasteiger partial charge in [-0.15, -0.1) is 0 Å². The Balaban J connectivity index is 2.07. The Morgan fingerprint density at radius 2 is 1.75 bits per heavy atom. The summed E-state index contributed by atoms with van der Waals surface area (Å²) in [6.07, 6.45) is 0. The molecule has 2 amide bonds. The molecule has 1 atom stereocenters. The van der Waals surface area contributed by atoms with E-state index in [1.54, 1.807) is 9.80 Å². The Hall–Kier alpha value is -2.44. The molecule has 1 aliphatic rings.